The zero-order chi connectivity index (χ0) is 23.8. The topological polar surface area (TPSA) is 52.6 Å². The largest absolute Gasteiger partial charge is 0.462 e. The molecule has 0 amide bonds. The van der Waals surface area contributed by atoms with Crippen molar-refractivity contribution in [1.82, 2.24) is 0 Å². The standard InChI is InChI=1S/C30H36O4/c1-2-30(23-15-7-3-8-16-23,24-17-9-4-10-18-24)27(28(31)33-25-19-11-5-12-20-25)29(32)34-26-21-13-6-14-22-26/h2-4,7-10,15-18,25-27H,1,5-6,11-14,19-22H2. The SMILES string of the molecule is C=CC(c1ccccc1)(c1ccccc1)C(C(=O)OC1CCCCC1)C(=O)OC1CCCCC1. The molecule has 4 rings (SSSR count). The van der Waals surface area contributed by atoms with Crippen LogP contribution in [0.4, 0.5) is 0 Å². The van der Waals surface area contributed by atoms with Crippen molar-refractivity contribution in [3.05, 3.63) is 84.4 Å². The molecule has 2 aliphatic rings. The van der Waals surface area contributed by atoms with Crippen molar-refractivity contribution in [1.29, 1.82) is 0 Å². The quantitative estimate of drug-likeness (QED) is 0.255. The predicted octanol–water partition coefficient (Wildman–Crippen LogP) is 6.53. The van der Waals surface area contributed by atoms with Crippen molar-refractivity contribution >= 4 is 11.9 Å². The van der Waals surface area contributed by atoms with Gasteiger partial charge in [0, 0.05) is 0 Å². The number of carbonyl (C=O) groups excluding carboxylic acids is 2. The maximum absolute atomic E-state index is 13.9. The fourth-order valence-corrected chi connectivity index (χ4v) is 5.58. The van der Waals surface area contributed by atoms with Gasteiger partial charge in [-0.1, -0.05) is 79.6 Å². The molecular formula is C30H36O4. The lowest BCUT2D eigenvalue weighted by molar-refractivity contribution is -0.172. The van der Waals surface area contributed by atoms with Crippen LogP contribution in [0.2, 0.25) is 0 Å². The molecule has 2 saturated carbocycles. The van der Waals surface area contributed by atoms with Gasteiger partial charge in [-0.15, -0.1) is 6.58 Å². The zero-order valence-corrected chi connectivity index (χ0v) is 20.0. The van der Waals surface area contributed by atoms with Crippen LogP contribution in [0, 0.1) is 5.92 Å². The van der Waals surface area contributed by atoms with Gasteiger partial charge in [-0.25, -0.2) is 0 Å². The number of ether oxygens (including phenoxy) is 2. The van der Waals surface area contributed by atoms with Gasteiger partial charge in [-0.2, -0.15) is 0 Å². The smallest absolute Gasteiger partial charge is 0.322 e. The molecule has 0 spiro atoms. The summed E-state index contributed by atoms with van der Waals surface area (Å²) in [7, 11) is 0. The molecule has 34 heavy (non-hydrogen) atoms. The van der Waals surface area contributed by atoms with E-state index < -0.39 is 23.3 Å². The normalized spacial score (nSPS) is 17.8. The van der Waals surface area contributed by atoms with Crippen LogP contribution in [0.5, 0.6) is 0 Å². The van der Waals surface area contributed by atoms with Crippen LogP contribution in [0.25, 0.3) is 0 Å². The van der Waals surface area contributed by atoms with Crippen LogP contribution >= 0.6 is 0 Å². The van der Waals surface area contributed by atoms with Crippen molar-refractivity contribution < 1.29 is 19.1 Å². The van der Waals surface area contributed by atoms with E-state index in [1.54, 1.807) is 6.08 Å². The lowest BCUT2D eigenvalue weighted by atomic mass is 9.65. The fraction of sp³-hybridized carbons (Fsp3) is 0.467. The van der Waals surface area contributed by atoms with E-state index in [4.69, 9.17) is 9.47 Å². The van der Waals surface area contributed by atoms with Gasteiger partial charge in [0.05, 0.1) is 5.41 Å². The van der Waals surface area contributed by atoms with Crippen molar-refractivity contribution in [2.45, 2.75) is 81.8 Å². The summed E-state index contributed by atoms with van der Waals surface area (Å²) in [4.78, 5) is 27.8. The van der Waals surface area contributed by atoms with Crippen LogP contribution in [0.15, 0.2) is 73.3 Å². The monoisotopic (exact) mass is 460 g/mol. The molecule has 2 aliphatic carbocycles. The summed E-state index contributed by atoms with van der Waals surface area (Å²) in [6, 6.07) is 19.3. The fourth-order valence-electron chi connectivity index (χ4n) is 5.58. The second-order valence-corrected chi connectivity index (χ2v) is 9.63. The van der Waals surface area contributed by atoms with Crippen molar-refractivity contribution in [3.8, 4) is 0 Å². The first-order valence-corrected chi connectivity index (χ1v) is 12.8. The molecular weight excluding hydrogens is 424 g/mol. The van der Waals surface area contributed by atoms with E-state index in [0.717, 1.165) is 75.3 Å². The number of allylic oxidation sites excluding steroid dienone is 1. The molecule has 0 unspecified atom stereocenters. The molecule has 0 saturated heterocycles. The number of hydrogen-bond donors (Lipinski definition) is 0. The lowest BCUT2D eigenvalue weighted by Gasteiger charge is -2.38. The molecule has 0 atom stereocenters. The highest BCUT2D eigenvalue weighted by Crippen LogP contribution is 2.43. The Morgan fingerprint density at radius 3 is 1.44 bits per heavy atom. The predicted molar refractivity (Wildman–Crippen MR) is 133 cm³/mol. The minimum absolute atomic E-state index is 0.153. The van der Waals surface area contributed by atoms with E-state index in [9.17, 15) is 9.59 Å². The van der Waals surface area contributed by atoms with Crippen LogP contribution in [0.1, 0.15) is 75.3 Å². The maximum Gasteiger partial charge on any atom is 0.322 e. The van der Waals surface area contributed by atoms with Crippen molar-refractivity contribution in [3.63, 3.8) is 0 Å². The average Bonchev–Trinajstić information content (AvgIpc) is 2.89. The van der Waals surface area contributed by atoms with Gasteiger partial charge >= 0.3 is 11.9 Å². The van der Waals surface area contributed by atoms with E-state index in [-0.39, 0.29) is 12.2 Å². The summed E-state index contributed by atoms with van der Waals surface area (Å²) in [6.07, 6.45) is 11.3. The molecule has 4 heteroatoms. The van der Waals surface area contributed by atoms with Crippen LogP contribution in [-0.4, -0.2) is 24.1 Å². The van der Waals surface area contributed by atoms with Gasteiger partial charge < -0.3 is 9.47 Å². The highest BCUT2D eigenvalue weighted by atomic mass is 16.6. The first-order valence-electron chi connectivity index (χ1n) is 12.8. The third-order valence-corrected chi connectivity index (χ3v) is 7.42. The molecule has 0 aliphatic heterocycles. The second-order valence-electron chi connectivity index (χ2n) is 9.63. The Bertz CT molecular complexity index is 869. The number of hydrogen-bond acceptors (Lipinski definition) is 4. The van der Waals surface area contributed by atoms with E-state index in [0.29, 0.717) is 0 Å². The number of carbonyl (C=O) groups is 2. The molecule has 0 heterocycles. The van der Waals surface area contributed by atoms with Gasteiger partial charge in [0.25, 0.3) is 0 Å². The minimum atomic E-state index is -1.17. The first-order chi connectivity index (χ1) is 16.6. The van der Waals surface area contributed by atoms with Gasteiger partial charge in [0.1, 0.15) is 12.2 Å². The molecule has 2 aromatic rings. The molecule has 0 aromatic heterocycles. The Balaban J connectivity index is 1.77. The summed E-state index contributed by atoms with van der Waals surface area (Å²) in [6.45, 7) is 4.15. The average molecular weight is 461 g/mol. The Labute approximate surface area is 203 Å². The van der Waals surface area contributed by atoms with Gasteiger partial charge in [-0.3, -0.25) is 9.59 Å². The third-order valence-electron chi connectivity index (χ3n) is 7.42. The second kappa shape index (κ2) is 11.5. The van der Waals surface area contributed by atoms with Crippen molar-refractivity contribution in [2.75, 3.05) is 0 Å². The number of rotatable bonds is 8. The molecule has 0 bridgehead atoms. The summed E-state index contributed by atoms with van der Waals surface area (Å²) in [5, 5.41) is 0. The maximum atomic E-state index is 13.9. The Kier molecular flexibility index (Phi) is 8.21. The van der Waals surface area contributed by atoms with Crippen LogP contribution < -0.4 is 0 Å². The van der Waals surface area contributed by atoms with Crippen molar-refractivity contribution in [2.24, 2.45) is 5.92 Å². The molecule has 4 nitrogen and oxygen atoms in total. The van der Waals surface area contributed by atoms with E-state index in [1.807, 2.05) is 60.7 Å². The highest BCUT2D eigenvalue weighted by molar-refractivity contribution is 5.98. The minimum Gasteiger partial charge on any atom is -0.462 e. The summed E-state index contributed by atoms with van der Waals surface area (Å²) in [5.74, 6) is -2.20. The molecule has 2 aromatic carbocycles. The van der Waals surface area contributed by atoms with E-state index in [2.05, 4.69) is 6.58 Å². The molecule has 0 N–H and O–H groups in total. The number of benzene rings is 2. The summed E-state index contributed by atoms with van der Waals surface area (Å²) < 4.78 is 12.1. The molecule has 180 valence electrons. The van der Waals surface area contributed by atoms with Gasteiger partial charge in [0.2, 0.25) is 0 Å². The van der Waals surface area contributed by atoms with E-state index in [1.165, 1.54) is 0 Å². The van der Waals surface area contributed by atoms with Gasteiger partial charge in [-0.05, 0) is 62.5 Å². The van der Waals surface area contributed by atoms with Gasteiger partial charge in [0.15, 0.2) is 5.92 Å². The zero-order valence-electron chi connectivity index (χ0n) is 20.0. The lowest BCUT2D eigenvalue weighted by Crippen LogP contribution is -2.47. The highest BCUT2D eigenvalue weighted by Gasteiger charge is 2.51. The molecule has 0 radical (unpaired) electrons. The Morgan fingerprint density at radius 2 is 1.09 bits per heavy atom. The summed E-state index contributed by atoms with van der Waals surface area (Å²) in [5.41, 5.74) is 0.546. The van der Waals surface area contributed by atoms with Crippen LogP contribution in [0.3, 0.4) is 0 Å². The van der Waals surface area contributed by atoms with E-state index >= 15 is 0 Å². The first kappa shape index (κ1) is 24.3. The summed E-state index contributed by atoms with van der Waals surface area (Å²) >= 11 is 0. The Hall–Kier alpha value is -2.88. The van der Waals surface area contributed by atoms with Crippen LogP contribution in [-0.2, 0) is 24.5 Å². The number of esters is 2. The third kappa shape index (κ3) is 5.27. The molecule has 2 fully saturated rings. The Morgan fingerprint density at radius 1 is 0.706 bits per heavy atom.